The maximum absolute atomic E-state index is 13.6. The molecule has 1 N–H and O–H groups in total. The summed E-state index contributed by atoms with van der Waals surface area (Å²) in [5.74, 6) is -0.473. The zero-order valence-electron chi connectivity index (χ0n) is 21.4. The number of halogens is 2. The molecule has 0 aliphatic carbocycles. The molecule has 0 unspecified atom stereocenters. The summed E-state index contributed by atoms with van der Waals surface area (Å²) in [6.07, 6.45) is 1.56. The quantitative estimate of drug-likeness (QED) is 0.314. The van der Waals surface area contributed by atoms with Gasteiger partial charge in [-0.3, -0.25) is 13.9 Å². The molecule has 0 radical (unpaired) electrons. The fraction of sp³-hybridized carbons (Fsp3) is 0.357. The minimum Gasteiger partial charge on any atom is -0.354 e. The first-order valence-corrected chi connectivity index (χ1v) is 14.9. The Hall–Kier alpha value is -2.81. The van der Waals surface area contributed by atoms with Crippen molar-refractivity contribution in [2.24, 2.45) is 0 Å². The summed E-state index contributed by atoms with van der Waals surface area (Å²) in [6.45, 7) is 4.62. The van der Waals surface area contributed by atoms with Crippen molar-refractivity contribution < 1.29 is 18.0 Å². The van der Waals surface area contributed by atoms with E-state index in [0.717, 1.165) is 11.8 Å². The molecule has 7 nitrogen and oxygen atoms in total. The second kappa shape index (κ2) is 11.9. The smallest absolute Gasteiger partial charge is 0.265 e. The van der Waals surface area contributed by atoms with Crippen LogP contribution < -0.4 is 9.62 Å². The van der Waals surface area contributed by atoms with Crippen molar-refractivity contribution >= 4 is 61.5 Å². The number of carbonyl (C=O) groups is 2. The number of hydrogen-bond acceptors (Lipinski definition) is 4. The summed E-state index contributed by atoms with van der Waals surface area (Å²) < 4.78 is 27.9. The number of anilines is 1. The number of sulfonamides is 1. The molecule has 0 fully saturated rings. The zero-order valence-corrected chi connectivity index (χ0v) is 23.7. The van der Waals surface area contributed by atoms with E-state index in [1.807, 2.05) is 32.0 Å². The Bertz CT molecular complexity index is 1460. The van der Waals surface area contributed by atoms with Gasteiger partial charge in [0.15, 0.2) is 0 Å². The molecule has 0 saturated heterocycles. The highest BCUT2D eigenvalue weighted by atomic mass is 35.5. The molecule has 1 aliphatic heterocycles. The molecule has 10 heteroatoms. The van der Waals surface area contributed by atoms with E-state index >= 15 is 0 Å². The minimum absolute atomic E-state index is 0.0705. The molecule has 0 saturated carbocycles. The van der Waals surface area contributed by atoms with Crippen LogP contribution in [0.3, 0.4) is 0 Å². The van der Waals surface area contributed by atoms with Gasteiger partial charge in [0.05, 0.1) is 10.6 Å². The second-order valence-corrected chi connectivity index (χ2v) is 12.0. The van der Waals surface area contributed by atoms with Gasteiger partial charge in [-0.05, 0) is 54.5 Å². The van der Waals surface area contributed by atoms with Crippen LogP contribution >= 0.6 is 23.2 Å². The number of nitrogens with one attached hydrogen (secondary N) is 1. The van der Waals surface area contributed by atoms with E-state index in [0.29, 0.717) is 46.1 Å². The highest BCUT2D eigenvalue weighted by Gasteiger charge is 2.35. The van der Waals surface area contributed by atoms with Gasteiger partial charge in [-0.25, -0.2) is 8.42 Å². The highest BCUT2D eigenvalue weighted by Crippen LogP contribution is 2.42. The minimum atomic E-state index is -3.71. The molecule has 1 aliphatic rings. The monoisotopic (exact) mass is 575 g/mol. The van der Waals surface area contributed by atoms with Gasteiger partial charge in [-0.1, -0.05) is 67.4 Å². The van der Waals surface area contributed by atoms with Crippen molar-refractivity contribution in [2.45, 2.75) is 57.0 Å². The summed E-state index contributed by atoms with van der Waals surface area (Å²) in [5, 5.41) is 5.34. The number of benzene rings is 3. The van der Waals surface area contributed by atoms with E-state index in [4.69, 9.17) is 23.2 Å². The average Bonchev–Trinajstić information content (AvgIpc) is 3.11. The van der Waals surface area contributed by atoms with Gasteiger partial charge in [0.2, 0.25) is 11.8 Å². The topological polar surface area (TPSA) is 86.8 Å². The van der Waals surface area contributed by atoms with Crippen LogP contribution in [0.4, 0.5) is 5.69 Å². The molecule has 0 aromatic heterocycles. The lowest BCUT2D eigenvalue weighted by molar-refractivity contribution is -0.141. The number of rotatable bonds is 11. The third-order valence-electron chi connectivity index (χ3n) is 6.72. The van der Waals surface area contributed by atoms with Crippen LogP contribution in [0.5, 0.6) is 0 Å². The fourth-order valence-corrected chi connectivity index (χ4v) is 7.05. The van der Waals surface area contributed by atoms with Crippen molar-refractivity contribution in [1.82, 2.24) is 10.2 Å². The van der Waals surface area contributed by atoms with Gasteiger partial charge in [0, 0.05) is 41.5 Å². The molecule has 1 heterocycles. The van der Waals surface area contributed by atoms with Crippen molar-refractivity contribution in [3.8, 4) is 0 Å². The van der Waals surface area contributed by atoms with E-state index in [2.05, 4.69) is 5.32 Å². The van der Waals surface area contributed by atoms with Crippen molar-refractivity contribution in [1.29, 1.82) is 0 Å². The summed E-state index contributed by atoms with van der Waals surface area (Å²) in [6, 6.07) is 15.1. The summed E-state index contributed by atoms with van der Waals surface area (Å²) in [5.41, 5.74) is 1.30. The maximum atomic E-state index is 13.6. The molecular formula is C28H31Cl2N3O4S. The SMILES string of the molecule is CCCNC(=O)[C@H](CC)N(Cc1ccc(Cl)cc1Cl)C(=O)CCCN1c2cccc3cccc(c23)S1(=O)=O. The normalized spacial score (nSPS) is 14.5. The molecule has 38 heavy (non-hydrogen) atoms. The first kappa shape index (κ1) is 28.2. The molecule has 0 bridgehead atoms. The number of nitrogens with zero attached hydrogens (tertiary/aromatic N) is 2. The van der Waals surface area contributed by atoms with Crippen molar-refractivity contribution in [3.05, 3.63) is 70.2 Å². The lowest BCUT2D eigenvalue weighted by Crippen LogP contribution is -2.49. The van der Waals surface area contributed by atoms with Gasteiger partial charge in [-0.15, -0.1) is 0 Å². The van der Waals surface area contributed by atoms with Gasteiger partial charge >= 0.3 is 0 Å². The van der Waals surface area contributed by atoms with Crippen molar-refractivity contribution in [3.63, 3.8) is 0 Å². The van der Waals surface area contributed by atoms with Crippen LogP contribution in [0, 0.1) is 0 Å². The number of amides is 2. The van der Waals surface area contributed by atoms with Gasteiger partial charge < -0.3 is 10.2 Å². The average molecular weight is 577 g/mol. The van der Waals surface area contributed by atoms with E-state index in [-0.39, 0.29) is 36.2 Å². The Kier molecular flexibility index (Phi) is 8.85. The largest absolute Gasteiger partial charge is 0.354 e. The van der Waals surface area contributed by atoms with Crippen LogP contribution in [0.1, 0.15) is 45.1 Å². The summed E-state index contributed by atoms with van der Waals surface area (Å²) in [7, 11) is -3.71. The number of carbonyl (C=O) groups excluding carboxylic acids is 2. The lowest BCUT2D eigenvalue weighted by Gasteiger charge is -2.31. The maximum Gasteiger partial charge on any atom is 0.265 e. The number of hydrogen-bond donors (Lipinski definition) is 1. The Morgan fingerprint density at radius 3 is 2.47 bits per heavy atom. The van der Waals surface area contributed by atoms with Gasteiger partial charge in [-0.2, -0.15) is 0 Å². The standard InChI is InChI=1S/C28H31Cl2N3O4S/c1-3-15-31-28(35)23(4-2)32(18-20-13-14-21(29)17-22(20)30)26(34)12-7-16-33-24-10-5-8-19-9-6-11-25(27(19)24)38(33,36)37/h5-6,8-11,13-14,17,23H,3-4,7,12,15-16,18H2,1-2H3,(H,31,35)/t23-/m0/s1. The third kappa shape index (κ3) is 5.63. The van der Waals surface area contributed by atoms with Crippen LogP contribution in [0.25, 0.3) is 10.8 Å². The first-order valence-electron chi connectivity index (χ1n) is 12.7. The van der Waals surface area contributed by atoms with Crippen molar-refractivity contribution in [2.75, 3.05) is 17.4 Å². The molecule has 3 aromatic rings. The van der Waals surface area contributed by atoms with E-state index in [1.54, 1.807) is 36.4 Å². The van der Waals surface area contributed by atoms with Crippen LogP contribution in [0.2, 0.25) is 10.0 Å². The molecule has 0 spiro atoms. The predicted octanol–water partition coefficient (Wildman–Crippen LogP) is 5.77. The van der Waals surface area contributed by atoms with Gasteiger partial charge in [0.1, 0.15) is 6.04 Å². The summed E-state index contributed by atoms with van der Waals surface area (Å²) >= 11 is 12.4. The third-order valence-corrected chi connectivity index (χ3v) is 9.17. The van der Waals surface area contributed by atoms with E-state index < -0.39 is 16.1 Å². The lowest BCUT2D eigenvalue weighted by atomic mass is 10.1. The first-order chi connectivity index (χ1) is 18.2. The second-order valence-electron chi connectivity index (χ2n) is 9.28. The summed E-state index contributed by atoms with van der Waals surface area (Å²) in [4.78, 5) is 28.3. The zero-order chi connectivity index (χ0) is 27.4. The van der Waals surface area contributed by atoms with Gasteiger partial charge in [0.25, 0.3) is 10.0 Å². The predicted molar refractivity (Wildman–Crippen MR) is 152 cm³/mol. The molecule has 3 aromatic carbocycles. The van der Waals surface area contributed by atoms with E-state index in [1.165, 1.54) is 9.21 Å². The van der Waals surface area contributed by atoms with E-state index in [9.17, 15) is 18.0 Å². The fourth-order valence-electron chi connectivity index (χ4n) is 4.84. The molecule has 4 rings (SSSR count). The Balaban J connectivity index is 1.53. The van der Waals surface area contributed by atoms with Crippen LogP contribution in [0.15, 0.2) is 59.5 Å². The van der Waals surface area contributed by atoms with Crippen LogP contribution in [-0.2, 0) is 26.2 Å². The Morgan fingerprint density at radius 1 is 1.05 bits per heavy atom. The Labute approximate surface area is 233 Å². The Morgan fingerprint density at radius 2 is 1.79 bits per heavy atom. The molecule has 1 atom stereocenters. The molecule has 202 valence electrons. The molecule has 2 amide bonds. The highest BCUT2D eigenvalue weighted by molar-refractivity contribution is 7.93. The molecular weight excluding hydrogens is 545 g/mol. The van der Waals surface area contributed by atoms with Crippen LogP contribution in [-0.4, -0.2) is 44.3 Å².